The number of unbranched alkanes of at least 4 members (excludes halogenated alkanes) is 43. The van der Waals surface area contributed by atoms with Gasteiger partial charge in [0.25, 0.3) is 0 Å². The summed E-state index contributed by atoms with van der Waals surface area (Å²) in [6.45, 7) is 4.70. The lowest BCUT2D eigenvalue weighted by Gasteiger charge is -2.21. The molecule has 0 spiro atoms. The van der Waals surface area contributed by atoms with E-state index in [-0.39, 0.29) is 25.9 Å². The molecule has 0 aromatic heterocycles. The first-order valence-electron chi connectivity index (χ1n) is 34.9. The summed E-state index contributed by atoms with van der Waals surface area (Å²) in [7, 11) is -4.75. The van der Waals surface area contributed by atoms with Crippen LogP contribution in [0.5, 0.6) is 0 Å². The highest BCUT2D eigenvalue weighted by molar-refractivity contribution is 7.47. The maximum atomic E-state index is 13.0. The Bertz CT molecular complexity index is 1520. The summed E-state index contributed by atoms with van der Waals surface area (Å²) in [4.78, 5) is 48.9. The molecule has 0 radical (unpaired) electrons. The predicted octanol–water partition coefficient (Wildman–Crippen LogP) is 21.5. The molecule has 3 unspecified atom stereocenters. The Morgan fingerprint density at radius 3 is 0.939 bits per heavy atom. The Kier molecular flexibility index (Phi) is 62.9. The van der Waals surface area contributed by atoms with Crippen LogP contribution in [0, 0.1) is 0 Å². The van der Waals surface area contributed by atoms with Crippen molar-refractivity contribution in [1.29, 1.82) is 0 Å². The molecule has 11 nitrogen and oxygen atoms in total. The first kappa shape index (κ1) is 79.7. The molecule has 0 aromatic rings. The summed E-state index contributed by atoms with van der Waals surface area (Å²) in [5, 5.41) is 9.87. The van der Waals surface area contributed by atoms with Crippen molar-refractivity contribution >= 4 is 25.7 Å². The van der Waals surface area contributed by atoms with Crippen LogP contribution >= 0.6 is 7.82 Å². The van der Waals surface area contributed by atoms with Gasteiger partial charge in [-0.15, -0.1) is 0 Å². The molecular formula is C70H131O11P. The van der Waals surface area contributed by atoms with E-state index in [0.29, 0.717) is 19.3 Å². The molecule has 0 aliphatic carbocycles. The highest BCUT2D eigenvalue weighted by Gasteiger charge is 2.28. The topological polar surface area (TPSA) is 155 Å². The van der Waals surface area contributed by atoms with Crippen LogP contribution in [-0.4, -0.2) is 66.5 Å². The molecule has 0 amide bonds. The third kappa shape index (κ3) is 62.2. The summed E-state index contributed by atoms with van der Waals surface area (Å²) in [5.41, 5.74) is 0. The number of carbonyl (C=O) groups excluding carboxylic acids is 3. The summed E-state index contributed by atoms with van der Waals surface area (Å²) in [5.74, 6) is -1.44. The van der Waals surface area contributed by atoms with Gasteiger partial charge >= 0.3 is 25.7 Å². The van der Waals surface area contributed by atoms with Crippen molar-refractivity contribution in [2.75, 3.05) is 26.4 Å². The number of ether oxygens (including phenoxy) is 3. The van der Waals surface area contributed by atoms with E-state index in [9.17, 15) is 28.9 Å². The van der Waals surface area contributed by atoms with Crippen LogP contribution in [0.2, 0.25) is 0 Å². The number of phosphoric ester groups is 1. The van der Waals surface area contributed by atoms with Crippen LogP contribution in [0.3, 0.4) is 0 Å². The van der Waals surface area contributed by atoms with Crippen LogP contribution in [0.25, 0.3) is 0 Å². The number of aliphatic hydroxyl groups excluding tert-OH is 1. The van der Waals surface area contributed by atoms with Crippen molar-refractivity contribution in [2.24, 2.45) is 0 Å². The molecule has 0 aliphatic heterocycles. The maximum Gasteiger partial charge on any atom is 0.472 e. The van der Waals surface area contributed by atoms with E-state index in [1.165, 1.54) is 218 Å². The minimum Gasteiger partial charge on any atom is -0.462 e. The molecular weight excluding hydrogens is 1050 g/mol. The number of aliphatic hydroxyl groups is 1. The van der Waals surface area contributed by atoms with Crippen molar-refractivity contribution < 1.29 is 52.2 Å². The molecule has 482 valence electrons. The molecule has 0 bridgehead atoms. The lowest BCUT2D eigenvalue weighted by Crippen LogP contribution is -2.30. The van der Waals surface area contributed by atoms with Gasteiger partial charge in [-0.05, 0) is 77.0 Å². The second-order valence-electron chi connectivity index (χ2n) is 23.7. The zero-order valence-electron chi connectivity index (χ0n) is 53.7. The van der Waals surface area contributed by atoms with Crippen LogP contribution in [0.4, 0.5) is 0 Å². The SMILES string of the molecule is CCCCC/C=C\C/C=C\CCCCCCCCCC(=O)OC(CO)COP(=O)(O)OCC(COC(=O)CCCCCCCCCCC/C=C\CCCCCCCC)OC(=O)CCCCCCCCCCCCCCCCCCCCC. The van der Waals surface area contributed by atoms with E-state index in [2.05, 4.69) is 57.2 Å². The Labute approximate surface area is 505 Å². The van der Waals surface area contributed by atoms with Gasteiger partial charge in [0.2, 0.25) is 0 Å². The Morgan fingerprint density at radius 2 is 0.598 bits per heavy atom. The minimum absolute atomic E-state index is 0.172. The molecule has 3 atom stereocenters. The van der Waals surface area contributed by atoms with Crippen molar-refractivity contribution in [3.8, 4) is 0 Å². The lowest BCUT2D eigenvalue weighted by molar-refractivity contribution is -0.161. The first-order chi connectivity index (χ1) is 40.2. The highest BCUT2D eigenvalue weighted by Crippen LogP contribution is 2.43. The molecule has 2 N–H and O–H groups in total. The summed E-state index contributed by atoms with van der Waals surface area (Å²) in [6, 6.07) is 0. The first-order valence-corrected chi connectivity index (χ1v) is 36.4. The molecule has 0 aromatic carbocycles. The van der Waals surface area contributed by atoms with Crippen LogP contribution < -0.4 is 0 Å². The summed E-state index contributed by atoms with van der Waals surface area (Å²) >= 11 is 0. The number of carbonyl (C=O) groups is 3. The standard InChI is InChI=1S/C70H131O11P/c1-4-7-10-13-16-19-22-25-28-31-33-36-38-41-44-47-50-53-56-59-68(72)77-63-67(81-70(74)61-58-55-52-49-46-43-40-37-34-32-29-26-23-20-17-14-11-8-5-2)65-79-82(75,76)78-64-66(62-71)80-69(73)60-57-54-51-48-45-42-39-35-30-27-24-21-18-15-12-9-6-3/h18,21,25,27-28,30,66-67,71H,4-17,19-20,22-24,26,29,31-65H2,1-3H3,(H,75,76)/b21-18-,28-25-,30-27-. The Balaban J connectivity index is 4.65. The van der Waals surface area contributed by atoms with E-state index in [0.717, 1.165) is 77.0 Å². The van der Waals surface area contributed by atoms with Gasteiger partial charge in [-0.2, -0.15) is 0 Å². The molecule has 12 heteroatoms. The van der Waals surface area contributed by atoms with E-state index >= 15 is 0 Å². The van der Waals surface area contributed by atoms with Crippen LogP contribution in [0.1, 0.15) is 355 Å². The molecule has 82 heavy (non-hydrogen) atoms. The number of esters is 3. The number of phosphoric acid groups is 1. The normalized spacial score (nSPS) is 13.4. The smallest absolute Gasteiger partial charge is 0.462 e. The van der Waals surface area contributed by atoms with Crippen molar-refractivity contribution in [3.63, 3.8) is 0 Å². The van der Waals surface area contributed by atoms with Gasteiger partial charge in [-0.25, -0.2) is 4.57 Å². The molecule has 0 rings (SSSR count). The molecule has 0 heterocycles. The Morgan fingerprint density at radius 1 is 0.341 bits per heavy atom. The fourth-order valence-electron chi connectivity index (χ4n) is 10.2. The Hall–Kier alpha value is -2.30. The van der Waals surface area contributed by atoms with Gasteiger partial charge in [0, 0.05) is 19.3 Å². The van der Waals surface area contributed by atoms with Crippen molar-refractivity contribution in [3.05, 3.63) is 36.5 Å². The zero-order valence-corrected chi connectivity index (χ0v) is 54.6. The van der Waals surface area contributed by atoms with Gasteiger partial charge < -0.3 is 24.2 Å². The van der Waals surface area contributed by atoms with Gasteiger partial charge in [0.1, 0.15) is 12.7 Å². The van der Waals surface area contributed by atoms with Gasteiger partial charge in [-0.3, -0.25) is 23.4 Å². The zero-order chi connectivity index (χ0) is 59.8. The monoisotopic (exact) mass is 1180 g/mol. The van der Waals surface area contributed by atoms with Gasteiger partial charge in [0.15, 0.2) is 6.10 Å². The van der Waals surface area contributed by atoms with Gasteiger partial charge in [-0.1, -0.05) is 295 Å². The number of rotatable bonds is 66. The second kappa shape index (κ2) is 64.7. The van der Waals surface area contributed by atoms with E-state index in [1.54, 1.807) is 0 Å². The largest absolute Gasteiger partial charge is 0.472 e. The second-order valence-corrected chi connectivity index (χ2v) is 25.2. The molecule has 0 saturated carbocycles. The lowest BCUT2D eigenvalue weighted by atomic mass is 10.0. The average Bonchev–Trinajstić information content (AvgIpc) is 3.49. The van der Waals surface area contributed by atoms with E-state index in [4.69, 9.17) is 23.3 Å². The predicted molar refractivity (Wildman–Crippen MR) is 344 cm³/mol. The molecule has 0 fully saturated rings. The highest BCUT2D eigenvalue weighted by atomic mass is 31.2. The minimum atomic E-state index is -4.75. The van der Waals surface area contributed by atoms with Crippen LogP contribution in [-0.2, 0) is 42.2 Å². The van der Waals surface area contributed by atoms with Crippen LogP contribution in [0.15, 0.2) is 36.5 Å². The fraction of sp³-hybridized carbons (Fsp3) is 0.871. The number of hydrogen-bond donors (Lipinski definition) is 2. The van der Waals surface area contributed by atoms with Crippen molar-refractivity contribution in [1.82, 2.24) is 0 Å². The molecule has 0 saturated heterocycles. The van der Waals surface area contributed by atoms with E-state index in [1.807, 2.05) is 0 Å². The van der Waals surface area contributed by atoms with E-state index < -0.39 is 57.8 Å². The number of hydrogen-bond acceptors (Lipinski definition) is 10. The fourth-order valence-corrected chi connectivity index (χ4v) is 11.0. The molecule has 0 aliphatic rings. The quantitative estimate of drug-likeness (QED) is 0.0197. The third-order valence-corrected chi connectivity index (χ3v) is 16.5. The average molecular weight is 1180 g/mol. The van der Waals surface area contributed by atoms with Gasteiger partial charge in [0.05, 0.1) is 19.8 Å². The number of allylic oxidation sites excluding steroid dienone is 6. The maximum absolute atomic E-state index is 13.0. The summed E-state index contributed by atoms with van der Waals surface area (Å²) < 4.78 is 39.8. The van der Waals surface area contributed by atoms with Crippen molar-refractivity contribution in [2.45, 2.75) is 367 Å². The summed E-state index contributed by atoms with van der Waals surface area (Å²) in [6.07, 6.45) is 70.9. The third-order valence-electron chi connectivity index (χ3n) is 15.5.